The minimum absolute atomic E-state index is 0.0943. The number of nitrogens with one attached hydrogen (secondary N) is 1. The van der Waals surface area contributed by atoms with Crippen molar-refractivity contribution in [2.75, 3.05) is 5.32 Å². The fourth-order valence-corrected chi connectivity index (χ4v) is 2.43. The predicted molar refractivity (Wildman–Crippen MR) is 99.9 cm³/mol. The first-order valence-corrected chi connectivity index (χ1v) is 8.09. The first-order chi connectivity index (χ1) is 12.5. The molecule has 3 rings (SSSR count). The van der Waals surface area contributed by atoms with Gasteiger partial charge in [-0.05, 0) is 68.4 Å². The molecule has 1 aromatic heterocycles. The summed E-state index contributed by atoms with van der Waals surface area (Å²) in [5.41, 5.74) is 3.51. The Hall–Kier alpha value is -3.65. The quantitative estimate of drug-likeness (QED) is 0.660. The maximum Gasteiger partial charge on any atom is 0.230 e. The molecule has 0 unspecified atom stereocenters. The number of hydrogen-bond acceptors (Lipinski definition) is 5. The van der Waals surface area contributed by atoms with Gasteiger partial charge in [-0.25, -0.2) is 4.98 Å². The number of carbonyl (C=O) groups excluding carboxylic acids is 1. The lowest BCUT2D eigenvalue weighted by atomic mass is 10.2. The first-order valence-electron chi connectivity index (χ1n) is 8.09. The first kappa shape index (κ1) is 17.2. The van der Waals surface area contributed by atoms with E-state index in [1.807, 2.05) is 31.2 Å². The molecule has 1 heterocycles. The largest absolute Gasteiger partial charge is 0.438 e. The molecule has 0 saturated carbocycles. The normalized spacial score (nSPS) is 10.0. The molecule has 0 aliphatic heterocycles. The molecule has 26 heavy (non-hydrogen) atoms. The highest BCUT2D eigenvalue weighted by molar-refractivity contribution is 5.96. The van der Waals surface area contributed by atoms with Crippen LogP contribution in [0.4, 0.5) is 11.4 Å². The van der Waals surface area contributed by atoms with E-state index in [0.29, 0.717) is 22.8 Å². The van der Waals surface area contributed by atoms with Crippen molar-refractivity contribution in [3.63, 3.8) is 0 Å². The van der Waals surface area contributed by atoms with Gasteiger partial charge in [-0.2, -0.15) is 5.26 Å². The maximum atomic E-state index is 11.7. The number of anilines is 2. The summed E-state index contributed by atoms with van der Waals surface area (Å²) >= 11 is 0. The third-order valence-corrected chi connectivity index (χ3v) is 3.73. The van der Waals surface area contributed by atoms with Crippen LogP contribution in [0.2, 0.25) is 0 Å². The summed E-state index contributed by atoms with van der Waals surface area (Å²) in [6.07, 6.45) is 0. The molecule has 5 nitrogen and oxygen atoms in total. The number of nitrogens with zero attached hydrogens (tertiary/aromatic N) is 2. The summed E-state index contributed by atoms with van der Waals surface area (Å²) in [5.74, 6) is 0.796. The second-order valence-corrected chi connectivity index (χ2v) is 5.81. The average Bonchev–Trinajstić information content (AvgIpc) is 2.63. The lowest BCUT2D eigenvalue weighted by molar-refractivity contribution is 0.101. The highest BCUT2D eigenvalue weighted by atomic mass is 16.5. The van der Waals surface area contributed by atoms with Gasteiger partial charge in [0.15, 0.2) is 5.78 Å². The SMILES string of the molecule is CC(=O)c1ccc(C)nc1Oc1ccc(Nc2cccc(C#N)c2)cc1. The molecular formula is C21H17N3O2. The Balaban J connectivity index is 1.77. The van der Waals surface area contributed by atoms with Crippen LogP contribution >= 0.6 is 0 Å². The molecule has 128 valence electrons. The van der Waals surface area contributed by atoms with Crippen molar-refractivity contribution >= 4 is 17.2 Å². The maximum absolute atomic E-state index is 11.7. The van der Waals surface area contributed by atoms with E-state index in [2.05, 4.69) is 16.4 Å². The van der Waals surface area contributed by atoms with Gasteiger partial charge in [0.2, 0.25) is 5.88 Å². The number of hydrogen-bond donors (Lipinski definition) is 1. The molecule has 0 aliphatic carbocycles. The van der Waals surface area contributed by atoms with Crippen LogP contribution in [0.5, 0.6) is 11.6 Å². The van der Waals surface area contributed by atoms with Crippen LogP contribution in [0.25, 0.3) is 0 Å². The molecule has 0 amide bonds. The van der Waals surface area contributed by atoms with E-state index in [1.165, 1.54) is 6.92 Å². The van der Waals surface area contributed by atoms with Gasteiger partial charge in [0.1, 0.15) is 5.75 Å². The molecule has 0 radical (unpaired) electrons. The third kappa shape index (κ3) is 4.05. The Morgan fingerprint density at radius 1 is 1.08 bits per heavy atom. The molecule has 2 aromatic carbocycles. The number of benzene rings is 2. The minimum Gasteiger partial charge on any atom is -0.438 e. The van der Waals surface area contributed by atoms with Crippen molar-refractivity contribution in [1.82, 2.24) is 4.98 Å². The Morgan fingerprint density at radius 2 is 1.85 bits per heavy atom. The van der Waals surface area contributed by atoms with Gasteiger partial charge in [-0.3, -0.25) is 4.79 Å². The molecule has 0 saturated heterocycles. The number of nitriles is 1. The highest BCUT2D eigenvalue weighted by Crippen LogP contribution is 2.26. The topological polar surface area (TPSA) is 75.0 Å². The van der Waals surface area contributed by atoms with Gasteiger partial charge in [0.25, 0.3) is 0 Å². The number of aromatic nitrogens is 1. The summed E-state index contributed by atoms with van der Waals surface area (Å²) in [7, 11) is 0. The number of ketones is 1. The average molecular weight is 343 g/mol. The van der Waals surface area contributed by atoms with Crippen LogP contribution < -0.4 is 10.1 Å². The molecule has 0 spiro atoms. The van der Waals surface area contributed by atoms with E-state index >= 15 is 0 Å². The number of Topliss-reactive ketones (excluding diaryl/α,β-unsaturated/α-hetero) is 1. The van der Waals surface area contributed by atoms with E-state index in [0.717, 1.165) is 17.1 Å². The Morgan fingerprint density at radius 3 is 2.54 bits per heavy atom. The van der Waals surface area contributed by atoms with E-state index in [-0.39, 0.29) is 5.78 Å². The van der Waals surface area contributed by atoms with Crippen molar-refractivity contribution in [2.45, 2.75) is 13.8 Å². The summed E-state index contributed by atoms with van der Waals surface area (Å²) in [6, 6.07) is 20.2. The number of ether oxygens (including phenoxy) is 1. The molecule has 0 bridgehead atoms. The number of rotatable bonds is 5. The monoisotopic (exact) mass is 343 g/mol. The van der Waals surface area contributed by atoms with E-state index < -0.39 is 0 Å². The van der Waals surface area contributed by atoms with Gasteiger partial charge in [0.05, 0.1) is 17.2 Å². The van der Waals surface area contributed by atoms with Crippen molar-refractivity contribution < 1.29 is 9.53 Å². The van der Waals surface area contributed by atoms with Crippen LogP contribution in [0.15, 0.2) is 60.7 Å². The van der Waals surface area contributed by atoms with Gasteiger partial charge in [0, 0.05) is 17.1 Å². The Bertz CT molecular complexity index is 989. The van der Waals surface area contributed by atoms with Crippen LogP contribution in [0.3, 0.4) is 0 Å². The van der Waals surface area contributed by atoms with Crippen molar-refractivity contribution in [1.29, 1.82) is 5.26 Å². The molecule has 3 aromatic rings. The minimum atomic E-state index is -0.0943. The zero-order chi connectivity index (χ0) is 18.5. The Labute approximate surface area is 151 Å². The fraction of sp³-hybridized carbons (Fsp3) is 0.0952. The van der Waals surface area contributed by atoms with Crippen molar-refractivity contribution in [3.05, 3.63) is 77.5 Å². The molecular weight excluding hydrogens is 326 g/mol. The van der Waals surface area contributed by atoms with Crippen LogP contribution in [0, 0.1) is 18.3 Å². The summed E-state index contributed by atoms with van der Waals surface area (Å²) in [5, 5.41) is 12.2. The molecule has 0 fully saturated rings. The number of carbonyl (C=O) groups is 1. The summed E-state index contributed by atoms with van der Waals surface area (Å²) < 4.78 is 5.79. The Kier molecular flexibility index (Phi) is 4.95. The third-order valence-electron chi connectivity index (χ3n) is 3.73. The lowest BCUT2D eigenvalue weighted by Crippen LogP contribution is -2.00. The standard InChI is InChI=1S/C21H17N3O2/c1-14-6-11-20(15(2)25)21(23-14)26-19-9-7-17(8-10-19)24-18-5-3-4-16(12-18)13-22/h3-12,24H,1-2H3. The number of aryl methyl sites for hydroxylation is 1. The summed E-state index contributed by atoms with van der Waals surface area (Å²) in [6.45, 7) is 3.33. The van der Waals surface area contributed by atoms with Crippen molar-refractivity contribution in [2.24, 2.45) is 0 Å². The van der Waals surface area contributed by atoms with Gasteiger partial charge in [-0.1, -0.05) is 6.07 Å². The zero-order valence-electron chi connectivity index (χ0n) is 14.5. The van der Waals surface area contributed by atoms with Crippen molar-refractivity contribution in [3.8, 4) is 17.7 Å². The molecule has 5 heteroatoms. The van der Waals surface area contributed by atoms with Gasteiger partial charge < -0.3 is 10.1 Å². The van der Waals surface area contributed by atoms with E-state index in [1.54, 1.807) is 36.4 Å². The van der Waals surface area contributed by atoms with Gasteiger partial charge >= 0.3 is 0 Å². The van der Waals surface area contributed by atoms with E-state index in [9.17, 15) is 4.79 Å². The fourth-order valence-electron chi connectivity index (χ4n) is 2.43. The van der Waals surface area contributed by atoms with Gasteiger partial charge in [-0.15, -0.1) is 0 Å². The molecule has 1 N–H and O–H groups in total. The second kappa shape index (κ2) is 7.49. The van der Waals surface area contributed by atoms with Crippen LogP contribution in [0.1, 0.15) is 28.5 Å². The zero-order valence-corrected chi connectivity index (χ0v) is 14.5. The summed E-state index contributed by atoms with van der Waals surface area (Å²) in [4.78, 5) is 16.0. The van der Waals surface area contributed by atoms with E-state index in [4.69, 9.17) is 10.00 Å². The highest BCUT2D eigenvalue weighted by Gasteiger charge is 2.11. The van der Waals surface area contributed by atoms with Crippen LogP contribution in [-0.2, 0) is 0 Å². The molecule has 0 aliphatic rings. The lowest BCUT2D eigenvalue weighted by Gasteiger charge is -2.11. The smallest absolute Gasteiger partial charge is 0.230 e. The molecule has 0 atom stereocenters. The number of pyridine rings is 1. The predicted octanol–water partition coefficient (Wildman–Crippen LogP) is 5.00. The van der Waals surface area contributed by atoms with Crippen LogP contribution in [-0.4, -0.2) is 10.8 Å². The second-order valence-electron chi connectivity index (χ2n) is 5.81.